The van der Waals surface area contributed by atoms with Crippen molar-refractivity contribution in [3.05, 3.63) is 50.0 Å². The molecule has 0 aliphatic carbocycles. The number of H-pyrrole nitrogens is 1. The van der Waals surface area contributed by atoms with Gasteiger partial charge >= 0.3 is 6.18 Å². The smallest absolute Gasteiger partial charge is 0.411 e. The van der Waals surface area contributed by atoms with Crippen molar-refractivity contribution in [3.8, 4) is 29.2 Å². The molecular formula is C16H5Cl3F3N7O. The largest absolute Gasteiger partial charge is 0.416 e. The number of rotatable bonds is 3. The summed E-state index contributed by atoms with van der Waals surface area (Å²) in [6, 6.07) is 4.75. The number of alkyl halides is 3. The lowest BCUT2D eigenvalue weighted by molar-refractivity contribution is -0.137. The van der Waals surface area contributed by atoms with E-state index in [0.29, 0.717) is 12.1 Å². The van der Waals surface area contributed by atoms with Crippen LogP contribution in [0.3, 0.4) is 0 Å². The summed E-state index contributed by atoms with van der Waals surface area (Å²) in [5.74, 6) is -0.0755. The molecule has 0 bridgehead atoms. The maximum absolute atomic E-state index is 13.0. The van der Waals surface area contributed by atoms with Gasteiger partial charge in [-0.3, -0.25) is 0 Å². The van der Waals surface area contributed by atoms with Crippen molar-refractivity contribution in [1.29, 1.82) is 10.5 Å². The lowest BCUT2D eigenvalue weighted by Crippen LogP contribution is -2.07. The number of imidazole rings is 1. The molecule has 0 saturated carbocycles. The monoisotopic (exact) mass is 473 g/mol. The van der Waals surface area contributed by atoms with Crippen LogP contribution in [0.15, 0.2) is 17.3 Å². The molecule has 1 aromatic carbocycles. The molecule has 0 amide bonds. The first-order chi connectivity index (χ1) is 14.1. The minimum absolute atomic E-state index is 0.0144. The Kier molecular flexibility index (Phi) is 5.63. The van der Waals surface area contributed by atoms with Crippen LogP contribution in [0.1, 0.15) is 22.6 Å². The number of hydrogen-bond acceptors (Lipinski definition) is 6. The molecule has 0 spiro atoms. The van der Waals surface area contributed by atoms with Gasteiger partial charge in [0.2, 0.25) is 0 Å². The summed E-state index contributed by atoms with van der Waals surface area (Å²) in [5, 5.41) is 32.9. The molecule has 8 nitrogen and oxygen atoms in total. The standard InChI is InChI=1S/C16H5Cl3F3N7O/c17-7-1-6(16(20,21)22)2-8(18)13(7)29-14(19)12(11(28-29)5-25-30)15-26-9(3-23)10(4-24)27-15/h1-2,5,30H,(H,26,27). The first-order valence-corrected chi connectivity index (χ1v) is 8.68. The third-order valence-electron chi connectivity index (χ3n) is 3.75. The highest BCUT2D eigenvalue weighted by Crippen LogP contribution is 2.40. The van der Waals surface area contributed by atoms with Crippen molar-refractivity contribution in [1.82, 2.24) is 19.7 Å². The second kappa shape index (κ2) is 7.88. The fourth-order valence-corrected chi connectivity index (χ4v) is 3.47. The van der Waals surface area contributed by atoms with Crippen LogP contribution >= 0.6 is 34.8 Å². The number of nitrogens with zero attached hydrogens (tertiary/aromatic N) is 6. The number of nitrogens with one attached hydrogen (secondary N) is 1. The average Bonchev–Trinajstić information content (AvgIpc) is 3.21. The fraction of sp³-hybridized carbons (Fsp3) is 0.0625. The molecule has 2 heterocycles. The van der Waals surface area contributed by atoms with Crippen LogP contribution in [0, 0.1) is 22.7 Å². The second-order valence-electron chi connectivity index (χ2n) is 5.53. The van der Waals surface area contributed by atoms with E-state index in [2.05, 4.69) is 20.2 Å². The highest BCUT2D eigenvalue weighted by molar-refractivity contribution is 6.38. The van der Waals surface area contributed by atoms with Crippen LogP contribution in [0.4, 0.5) is 13.2 Å². The van der Waals surface area contributed by atoms with Gasteiger partial charge in [-0.2, -0.15) is 28.8 Å². The number of benzene rings is 1. The lowest BCUT2D eigenvalue weighted by atomic mass is 10.2. The highest BCUT2D eigenvalue weighted by Gasteiger charge is 2.33. The summed E-state index contributed by atoms with van der Waals surface area (Å²) < 4.78 is 39.9. The molecule has 0 aliphatic rings. The van der Waals surface area contributed by atoms with Crippen molar-refractivity contribution >= 4 is 41.0 Å². The van der Waals surface area contributed by atoms with Gasteiger partial charge in [0.05, 0.1) is 27.4 Å². The Morgan fingerprint density at radius 1 is 1.17 bits per heavy atom. The van der Waals surface area contributed by atoms with Gasteiger partial charge in [-0.05, 0) is 12.1 Å². The number of aromatic amines is 1. The topological polar surface area (TPSA) is 127 Å². The van der Waals surface area contributed by atoms with Crippen molar-refractivity contribution in [2.75, 3.05) is 0 Å². The Balaban J connectivity index is 2.28. The minimum Gasteiger partial charge on any atom is -0.411 e. The van der Waals surface area contributed by atoms with E-state index in [4.69, 9.17) is 50.5 Å². The Morgan fingerprint density at radius 3 is 2.27 bits per heavy atom. The van der Waals surface area contributed by atoms with E-state index in [1.807, 2.05) is 0 Å². The molecule has 0 unspecified atom stereocenters. The van der Waals surface area contributed by atoms with Gasteiger partial charge in [0.1, 0.15) is 34.5 Å². The number of oxime groups is 1. The van der Waals surface area contributed by atoms with Gasteiger partial charge < -0.3 is 10.2 Å². The SMILES string of the molecule is N#Cc1nc(-c2c(C=NO)nn(-c3c(Cl)cc(C(F)(F)F)cc3Cl)c2Cl)[nH]c1C#N. The van der Waals surface area contributed by atoms with Gasteiger partial charge in [-0.1, -0.05) is 40.0 Å². The molecule has 152 valence electrons. The maximum atomic E-state index is 13.0. The molecular weight excluding hydrogens is 470 g/mol. The maximum Gasteiger partial charge on any atom is 0.416 e. The van der Waals surface area contributed by atoms with E-state index in [0.717, 1.165) is 10.9 Å². The third-order valence-corrected chi connectivity index (χ3v) is 4.68. The summed E-state index contributed by atoms with van der Waals surface area (Å²) in [5.41, 5.74) is -1.76. The van der Waals surface area contributed by atoms with Crippen LogP contribution < -0.4 is 0 Å². The van der Waals surface area contributed by atoms with E-state index < -0.39 is 21.8 Å². The van der Waals surface area contributed by atoms with Crippen LogP contribution in [-0.2, 0) is 6.18 Å². The molecule has 2 N–H and O–H groups in total. The van der Waals surface area contributed by atoms with E-state index in [9.17, 15) is 13.2 Å². The number of hydrogen-bond donors (Lipinski definition) is 2. The molecule has 14 heteroatoms. The molecule has 0 atom stereocenters. The lowest BCUT2D eigenvalue weighted by Gasteiger charge is -2.13. The van der Waals surface area contributed by atoms with Crippen LogP contribution in [-0.4, -0.2) is 31.2 Å². The van der Waals surface area contributed by atoms with Crippen LogP contribution in [0.2, 0.25) is 15.2 Å². The number of aromatic nitrogens is 4. The van der Waals surface area contributed by atoms with Crippen LogP contribution in [0.25, 0.3) is 17.1 Å². The first-order valence-electron chi connectivity index (χ1n) is 7.55. The Morgan fingerprint density at radius 2 is 1.80 bits per heavy atom. The zero-order chi connectivity index (χ0) is 22.2. The average molecular weight is 475 g/mol. The van der Waals surface area contributed by atoms with Gasteiger partial charge in [0.25, 0.3) is 0 Å². The zero-order valence-corrected chi connectivity index (χ0v) is 16.4. The predicted octanol–water partition coefficient (Wildman–Crippen LogP) is 4.79. The molecule has 0 radical (unpaired) electrons. The molecule has 30 heavy (non-hydrogen) atoms. The minimum atomic E-state index is -4.69. The van der Waals surface area contributed by atoms with Crippen molar-refractivity contribution in [2.45, 2.75) is 6.18 Å². The van der Waals surface area contributed by atoms with E-state index in [-0.39, 0.29) is 39.3 Å². The Labute approximate surface area is 180 Å². The van der Waals surface area contributed by atoms with Crippen molar-refractivity contribution in [2.24, 2.45) is 5.16 Å². The summed E-state index contributed by atoms with van der Waals surface area (Å²) >= 11 is 18.4. The normalized spacial score (nSPS) is 11.6. The van der Waals surface area contributed by atoms with Gasteiger partial charge in [-0.25, -0.2) is 9.67 Å². The third kappa shape index (κ3) is 3.66. The van der Waals surface area contributed by atoms with Crippen molar-refractivity contribution < 1.29 is 18.4 Å². The van der Waals surface area contributed by atoms with E-state index >= 15 is 0 Å². The zero-order valence-electron chi connectivity index (χ0n) is 14.1. The fourth-order valence-electron chi connectivity index (χ4n) is 2.51. The van der Waals surface area contributed by atoms with Gasteiger partial charge in [0, 0.05) is 0 Å². The quantitative estimate of drug-likeness (QED) is 0.320. The molecule has 3 rings (SSSR count). The first kappa shape index (κ1) is 21.5. The molecule has 0 saturated heterocycles. The Hall–Kier alpha value is -3.25. The van der Waals surface area contributed by atoms with E-state index in [1.54, 1.807) is 12.1 Å². The molecule has 2 aromatic heterocycles. The molecule has 0 fully saturated rings. The second-order valence-corrected chi connectivity index (χ2v) is 6.70. The van der Waals surface area contributed by atoms with Gasteiger partial charge in [0.15, 0.2) is 11.4 Å². The number of nitriles is 2. The summed E-state index contributed by atoms with van der Waals surface area (Å²) in [6.45, 7) is 0. The van der Waals surface area contributed by atoms with Gasteiger partial charge in [-0.15, -0.1) is 0 Å². The molecule has 0 aliphatic heterocycles. The predicted molar refractivity (Wildman–Crippen MR) is 100.0 cm³/mol. The van der Waals surface area contributed by atoms with E-state index in [1.165, 1.54) is 0 Å². The highest BCUT2D eigenvalue weighted by atomic mass is 35.5. The Bertz CT molecular complexity index is 1210. The summed E-state index contributed by atoms with van der Waals surface area (Å²) in [7, 11) is 0. The summed E-state index contributed by atoms with van der Waals surface area (Å²) in [6.07, 6.45) is -3.82. The number of halogens is 6. The van der Waals surface area contributed by atoms with Crippen LogP contribution in [0.5, 0.6) is 0 Å². The summed E-state index contributed by atoms with van der Waals surface area (Å²) in [4.78, 5) is 6.51. The van der Waals surface area contributed by atoms with Crippen molar-refractivity contribution in [3.63, 3.8) is 0 Å². The molecule has 3 aromatic rings.